The van der Waals surface area contributed by atoms with Gasteiger partial charge in [0.05, 0.1) is 26.6 Å². The van der Waals surface area contributed by atoms with Crippen molar-refractivity contribution < 1.29 is 22.6 Å². The summed E-state index contributed by atoms with van der Waals surface area (Å²) in [7, 11) is 4.87. The summed E-state index contributed by atoms with van der Waals surface area (Å²) in [6, 6.07) is 5.17. The summed E-state index contributed by atoms with van der Waals surface area (Å²) in [4.78, 5) is 0. The highest BCUT2D eigenvalue weighted by Gasteiger charge is 2.21. The fraction of sp³-hybridized carbons (Fsp3) is 0.571. The molecule has 0 saturated heterocycles. The Morgan fingerprint density at radius 3 is 1.90 bits per heavy atom. The molecule has 21 heavy (non-hydrogen) atoms. The van der Waals surface area contributed by atoms with Crippen LogP contribution in [0.2, 0.25) is 0 Å². The van der Waals surface area contributed by atoms with Crippen LogP contribution in [-0.2, 0) is 9.05 Å². The van der Waals surface area contributed by atoms with Crippen molar-refractivity contribution in [1.29, 1.82) is 0 Å². The van der Waals surface area contributed by atoms with Gasteiger partial charge in [0.25, 0.3) is 0 Å². The molecule has 0 fully saturated rings. The maximum atomic E-state index is 11.2. The van der Waals surface area contributed by atoms with E-state index in [0.717, 1.165) is 0 Å². The van der Waals surface area contributed by atoms with Crippen LogP contribution in [0.5, 0.6) is 17.2 Å². The number of methoxy groups -OCH3 is 2. The number of ether oxygens (including phenoxy) is 3. The van der Waals surface area contributed by atoms with Crippen molar-refractivity contribution in [2.45, 2.75) is 13.8 Å². The summed E-state index contributed by atoms with van der Waals surface area (Å²) >= 11 is 0. The van der Waals surface area contributed by atoms with Gasteiger partial charge in [-0.3, -0.25) is 0 Å². The van der Waals surface area contributed by atoms with E-state index < -0.39 is 9.05 Å². The zero-order valence-electron chi connectivity index (χ0n) is 12.6. The van der Waals surface area contributed by atoms with Crippen LogP contribution in [0.25, 0.3) is 0 Å². The minimum absolute atomic E-state index is 0.118. The molecular formula is C14H21ClO5S. The SMILES string of the molecule is COc1cc(OC)cc(OCC(CS(=O)(=O)Cl)C(C)C)c1. The fourth-order valence-electron chi connectivity index (χ4n) is 1.76. The molecule has 0 heterocycles. The molecule has 0 spiro atoms. The predicted octanol–water partition coefficient (Wildman–Crippen LogP) is 2.92. The molecule has 0 N–H and O–H groups in total. The van der Waals surface area contributed by atoms with Crippen molar-refractivity contribution in [3.8, 4) is 17.2 Å². The summed E-state index contributed by atoms with van der Waals surface area (Å²) < 4.78 is 38.4. The van der Waals surface area contributed by atoms with Crippen molar-refractivity contribution in [3.05, 3.63) is 18.2 Å². The Labute approximate surface area is 130 Å². The van der Waals surface area contributed by atoms with Gasteiger partial charge in [-0.15, -0.1) is 0 Å². The zero-order chi connectivity index (χ0) is 16.0. The van der Waals surface area contributed by atoms with Crippen LogP contribution < -0.4 is 14.2 Å². The third-order valence-corrected chi connectivity index (χ3v) is 4.35. The fourth-order valence-corrected chi connectivity index (χ4v) is 3.23. The van der Waals surface area contributed by atoms with Crippen LogP contribution in [0.4, 0.5) is 0 Å². The topological polar surface area (TPSA) is 61.8 Å². The number of rotatable bonds is 8. The van der Waals surface area contributed by atoms with Gasteiger partial charge in [-0.1, -0.05) is 13.8 Å². The van der Waals surface area contributed by atoms with E-state index in [1.165, 1.54) is 0 Å². The molecule has 0 bridgehead atoms. The number of hydrogen-bond donors (Lipinski definition) is 0. The van der Waals surface area contributed by atoms with E-state index in [9.17, 15) is 8.42 Å². The molecule has 7 heteroatoms. The quantitative estimate of drug-likeness (QED) is 0.683. The van der Waals surface area contributed by atoms with Crippen molar-refractivity contribution in [2.24, 2.45) is 11.8 Å². The maximum absolute atomic E-state index is 11.2. The van der Waals surface area contributed by atoms with Crippen LogP contribution in [-0.4, -0.2) is 35.0 Å². The molecule has 0 radical (unpaired) electrons. The van der Waals surface area contributed by atoms with Gasteiger partial charge in [0.2, 0.25) is 9.05 Å². The Balaban J connectivity index is 2.80. The lowest BCUT2D eigenvalue weighted by atomic mass is 9.99. The normalized spacial score (nSPS) is 13.0. The Kier molecular flexibility index (Phi) is 6.61. The Hall–Kier alpha value is -1.14. The second-order valence-corrected chi connectivity index (χ2v) is 7.89. The summed E-state index contributed by atoms with van der Waals surface area (Å²) in [6.07, 6.45) is 0. The van der Waals surface area contributed by atoms with Gasteiger partial charge in [0.15, 0.2) is 0 Å². The molecule has 1 atom stereocenters. The molecule has 0 saturated carbocycles. The summed E-state index contributed by atoms with van der Waals surface area (Å²) in [5.74, 6) is 1.60. The summed E-state index contributed by atoms with van der Waals surface area (Å²) in [5, 5.41) is 0. The lowest BCUT2D eigenvalue weighted by Gasteiger charge is -2.20. The molecule has 0 aliphatic carbocycles. The molecular weight excluding hydrogens is 316 g/mol. The van der Waals surface area contributed by atoms with Gasteiger partial charge < -0.3 is 14.2 Å². The summed E-state index contributed by atoms with van der Waals surface area (Å²) in [6.45, 7) is 4.12. The van der Waals surface area contributed by atoms with Gasteiger partial charge in [-0.25, -0.2) is 8.42 Å². The Morgan fingerprint density at radius 2 is 1.52 bits per heavy atom. The minimum atomic E-state index is -3.56. The molecule has 1 unspecified atom stereocenters. The molecule has 1 aromatic rings. The van der Waals surface area contributed by atoms with Crippen molar-refractivity contribution >= 4 is 19.7 Å². The third kappa shape index (κ3) is 6.44. The highest BCUT2D eigenvalue weighted by atomic mass is 35.7. The van der Waals surface area contributed by atoms with Crippen molar-refractivity contribution in [1.82, 2.24) is 0 Å². The summed E-state index contributed by atoms with van der Waals surface area (Å²) in [5.41, 5.74) is 0. The molecule has 5 nitrogen and oxygen atoms in total. The van der Waals surface area contributed by atoms with E-state index in [4.69, 9.17) is 24.9 Å². The second kappa shape index (κ2) is 7.75. The van der Waals surface area contributed by atoms with E-state index in [1.807, 2.05) is 13.8 Å². The molecule has 0 aliphatic rings. The lowest BCUT2D eigenvalue weighted by Crippen LogP contribution is -2.24. The zero-order valence-corrected chi connectivity index (χ0v) is 14.2. The average Bonchev–Trinajstić information content (AvgIpc) is 2.41. The Morgan fingerprint density at radius 1 is 1.05 bits per heavy atom. The smallest absolute Gasteiger partial charge is 0.233 e. The van der Waals surface area contributed by atoms with Crippen LogP contribution in [0.1, 0.15) is 13.8 Å². The maximum Gasteiger partial charge on any atom is 0.233 e. The molecule has 1 aromatic carbocycles. The van der Waals surface area contributed by atoms with Crippen LogP contribution in [0, 0.1) is 11.8 Å². The second-order valence-electron chi connectivity index (χ2n) is 5.07. The molecule has 120 valence electrons. The largest absolute Gasteiger partial charge is 0.496 e. The highest BCUT2D eigenvalue weighted by Crippen LogP contribution is 2.28. The van der Waals surface area contributed by atoms with Gasteiger partial charge in [0, 0.05) is 34.8 Å². The van der Waals surface area contributed by atoms with E-state index in [0.29, 0.717) is 17.2 Å². The number of hydrogen-bond acceptors (Lipinski definition) is 5. The first-order valence-electron chi connectivity index (χ1n) is 6.53. The lowest BCUT2D eigenvalue weighted by molar-refractivity contribution is 0.223. The minimum Gasteiger partial charge on any atom is -0.496 e. The molecule has 0 amide bonds. The average molecular weight is 337 g/mol. The van der Waals surface area contributed by atoms with E-state index in [-0.39, 0.29) is 24.2 Å². The van der Waals surface area contributed by atoms with E-state index in [2.05, 4.69) is 0 Å². The van der Waals surface area contributed by atoms with Gasteiger partial charge >= 0.3 is 0 Å². The van der Waals surface area contributed by atoms with E-state index in [1.54, 1.807) is 32.4 Å². The van der Waals surface area contributed by atoms with Crippen molar-refractivity contribution in [2.75, 3.05) is 26.6 Å². The van der Waals surface area contributed by atoms with Gasteiger partial charge in [-0.2, -0.15) is 0 Å². The van der Waals surface area contributed by atoms with Crippen LogP contribution in [0.3, 0.4) is 0 Å². The highest BCUT2D eigenvalue weighted by molar-refractivity contribution is 8.13. The van der Waals surface area contributed by atoms with Gasteiger partial charge in [-0.05, 0) is 5.92 Å². The monoisotopic (exact) mass is 336 g/mol. The van der Waals surface area contributed by atoms with Crippen LogP contribution in [0.15, 0.2) is 18.2 Å². The first-order chi connectivity index (χ1) is 9.75. The van der Waals surface area contributed by atoms with Crippen molar-refractivity contribution in [3.63, 3.8) is 0 Å². The number of benzene rings is 1. The predicted molar refractivity (Wildman–Crippen MR) is 83.0 cm³/mol. The number of halogens is 1. The van der Waals surface area contributed by atoms with E-state index >= 15 is 0 Å². The molecule has 0 aliphatic heterocycles. The molecule has 0 aromatic heterocycles. The first-order valence-corrected chi connectivity index (χ1v) is 9.01. The molecule has 1 rings (SSSR count). The van der Waals surface area contributed by atoms with Crippen LogP contribution >= 0.6 is 10.7 Å². The first kappa shape index (κ1) is 17.9. The standard InChI is InChI=1S/C14H21ClO5S/c1-10(2)11(9-21(15,16)17)8-20-14-6-12(18-3)5-13(7-14)19-4/h5-7,10-11H,8-9H2,1-4H3. The van der Waals surface area contributed by atoms with Gasteiger partial charge in [0.1, 0.15) is 17.2 Å². The Bertz CT molecular complexity index is 534. The third-order valence-electron chi connectivity index (χ3n) is 3.14.